The highest BCUT2D eigenvalue weighted by Crippen LogP contribution is 2.33. The smallest absolute Gasteiger partial charge is 0.337 e. The first-order valence-corrected chi connectivity index (χ1v) is 12.7. The zero-order chi connectivity index (χ0) is 29.4. The number of benzene rings is 4. The third-order valence-corrected chi connectivity index (χ3v) is 6.68. The third-order valence-electron chi connectivity index (χ3n) is 5.79. The van der Waals surface area contributed by atoms with Gasteiger partial charge in [-0.25, -0.2) is 18.4 Å². The van der Waals surface area contributed by atoms with Crippen molar-refractivity contribution in [2.75, 3.05) is 34.2 Å². The fourth-order valence-electron chi connectivity index (χ4n) is 3.71. The first kappa shape index (κ1) is 30.4. The molecule has 10 heteroatoms. The molecule has 0 unspecified atom stereocenters. The predicted molar refractivity (Wildman–Crippen MR) is 157 cm³/mol. The Balaban J connectivity index is 0.000000220. The van der Waals surface area contributed by atoms with Gasteiger partial charge in [0.25, 0.3) is 0 Å². The number of halogens is 3. The average molecular weight is 661 g/mol. The molecule has 0 spiro atoms. The molecule has 208 valence electrons. The Kier molecular flexibility index (Phi) is 10.4. The summed E-state index contributed by atoms with van der Waals surface area (Å²) in [7, 11) is 5.64. The number of carbonyl (C=O) groups excluding carboxylic acids is 2. The second-order valence-corrected chi connectivity index (χ2v) is 9.33. The fourth-order valence-corrected chi connectivity index (χ4v) is 4.51. The number of esters is 2. The Bertz CT molecular complexity index is 1430. The minimum Gasteiger partial charge on any atom is -0.497 e. The van der Waals surface area contributed by atoms with Crippen molar-refractivity contribution >= 4 is 40.2 Å². The van der Waals surface area contributed by atoms with Crippen molar-refractivity contribution in [3.05, 3.63) is 99.1 Å². The second-order valence-electron chi connectivity index (χ2n) is 8.17. The van der Waals surface area contributed by atoms with Crippen LogP contribution in [-0.4, -0.2) is 40.4 Å². The van der Waals surface area contributed by atoms with Crippen molar-refractivity contribution in [2.45, 2.75) is 0 Å². The third kappa shape index (κ3) is 7.06. The molecule has 4 aromatic carbocycles. The number of anilines is 1. The molecule has 0 fully saturated rings. The topological polar surface area (TPSA) is 97.1 Å². The fraction of sp³-hybridized carbons (Fsp3) is 0.133. The number of nitrogen functional groups attached to an aromatic ring is 1. The minimum absolute atomic E-state index is 0.292. The van der Waals surface area contributed by atoms with Crippen LogP contribution in [0.5, 0.6) is 11.5 Å². The Morgan fingerprint density at radius 1 is 0.625 bits per heavy atom. The maximum Gasteiger partial charge on any atom is 0.337 e. The van der Waals surface area contributed by atoms with E-state index in [1.54, 1.807) is 42.5 Å². The maximum absolute atomic E-state index is 13.9. The van der Waals surface area contributed by atoms with Crippen molar-refractivity contribution in [1.82, 2.24) is 0 Å². The normalized spacial score (nSPS) is 10.2. The molecule has 0 heterocycles. The first-order chi connectivity index (χ1) is 19.1. The van der Waals surface area contributed by atoms with E-state index >= 15 is 0 Å². The van der Waals surface area contributed by atoms with Crippen LogP contribution in [0.4, 0.5) is 14.5 Å². The van der Waals surface area contributed by atoms with Gasteiger partial charge in [0.1, 0.15) is 23.1 Å². The number of ether oxygens (including phenoxy) is 4. The lowest BCUT2D eigenvalue weighted by atomic mass is 10.0. The van der Waals surface area contributed by atoms with Crippen LogP contribution < -0.4 is 15.2 Å². The van der Waals surface area contributed by atoms with Crippen molar-refractivity contribution in [2.24, 2.45) is 0 Å². The molecule has 0 aliphatic carbocycles. The molecule has 40 heavy (non-hydrogen) atoms. The number of methoxy groups -OCH3 is 4. The number of hydrogen-bond donors (Lipinski definition) is 1. The Labute approximate surface area is 244 Å². The van der Waals surface area contributed by atoms with Gasteiger partial charge in [0, 0.05) is 25.9 Å². The van der Waals surface area contributed by atoms with Gasteiger partial charge in [-0.05, 0) is 88.8 Å². The molecule has 0 saturated carbocycles. The number of nitrogens with two attached hydrogens (primary N) is 1. The van der Waals surface area contributed by atoms with Crippen molar-refractivity contribution < 1.29 is 37.3 Å². The van der Waals surface area contributed by atoms with Gasteiger partial charge in [-0.3, -0.25) is 0 Å². The quantitative estimate of drug-likeness (QED) is 0.139. The van der Waals surface area contributed by atoms with E-state index in [9.17, 15) is 18.4 Å². The first-order valence-electron chi connectivity index (χ1n) is 11.7. The molecule has 0 aliphatic rings. The standard InChI is InChI=1S/C15H12FIO3.C15H14FNO3/c2*1-19-10-4-6-13(16)12(8-10)11-5-3-9(7-14(11)17)15(18)20-2/h3-8H,1-2H3;3-8H,17H2,1-2H3. The number of carbonyl (C=O) groups is 2. The largest absolute Gasteiger partial charge is 0.497 e. The molecule has 0 atom stereocenters. The molecule has 4 aromatic rings. The van der Waals surface area contributed by atoms with E-state index in [0.717, 1.165) is 3.57 Å². The summed E-state index contributed by atoms with van der Waals surface area (Å²) >= 11 is 2.06. The average Bonchev–Trinajstić information content (AvgIpc) is 2.97. The van der Waals surface area contributed by atoms with Gasteiger partial charge in [-0.1, -0.05) is 12.1 Å². The summed E-state index contributed by atoms with van der Waals surface area (Å²) in [5.74, 6) is -0.556. The van der Waals surface area contributed by atoms with Crippen LogP contribution in [0.2, 0.25) is 0 Å². The monoisotopic (exact) mass is 661 g/mol. The molecule has 7 nitrogen and oxygen atoms in total. The summed E-state index contributed by atoms with van der Waals surface area (Å²) in [4.78, 5) is 22.9. The van der Waals surface area contributed by atoms with Gasteiger partial charge >= 0.3 is 11.9 Å². The number of rotatable bonds is 6. The summed E-state index contributed by atoms with van der Waals surface area (Å²) in [6, 6.07) is 18.5. The van der Waals surface area contributed by atoms with Gasteiger partial charge in [0.05, 0.1) is 39.6 Å². The van der Waals surface area contributed by atoms with Gasteiger partial charge in [0.2, 0.25) is 0 Å². The summed E-state index contributed by atoms with van der Waals surface area (Å²) in [6.45, 7) is 0. The maximum atomic E-state index is 13.9. The Morgan fingerprint density at radius 3 is 1.50 bits per heavy atom. The van der Waals surface area contributed by atoms with Crippen LogP contribution >= 0.6 is 22.6 Å². The Hall–Kier alpha value is -4.19. The highest BCUT2D eigenvalue weighted by molar-refractivity contribution is 14.1. The lowest BCUT2D eigenvalue weighted by Gasteiger charge is -2.10. The van der Waals surface area contributed by atoms with E-state index < -0.39 is 17.8 Å². The van der Waals surface area contributed by atoms with E-state index in [1.807, 2.05) is 0 Å². The summed E-state index contributed by atoms with van der Waals surface area (Å²) in [6.07, 6.45) is 0. The van der Waals surface area contributed by atoms with E-state index in [0.29, 0.717) is 50.6 Å². The summed E-state index contributed by atoms with van der Waals surface area (Å²) in [5, 5.41) is 0. The lowest BCUT2D eigenvalue weighted by molar-refractivity contribution is 0.0592. The van der Waals surface area contributed by atoms with E-state index in [-0.39, 0.29) is 5.82 Å². The predicted octanol–water partition coefficient (Wildman–Crippen LogP) is 6.76. The molecule has 2 N–H and O–H groups in total. The SMILES string of the molecule is COC(=O)c1ccc(-c2cc(OC)ccc2F)c(I)c1.COC(=O)c1ccc(-c2cc(OC)ccc2F)c(N)c1. The highest BCUT2D eigenvalue weighted by atomic mass is 127. The minimum atomic E-state index is -0.491. The van der Waals surface area contributed by atoms with Crippen molar-refractivity contribution in [3.8, 4) is 33.8 Å². The molecule has 4 rings (SSSR count). The van der Waals surface area contributed by atoms with Crippen LogP contribution in [0.25, 0.3) is 22.3 Å². The van der Waals surface area contributed by atoms with Gasteiger partial charge < -0.3 is 24.7 Å². The Morgan fingerprint density at radius 2 is 1.07 bits per heavy atom. The molecular weight excluding hydrogens is 635 g/mol. The van der Waals surface area contributed by atoms with E-state index in [2.05, 4.69) is 32.1 Å². The van der Waals surface area contributed by atoms with E-state index in [1.165, 1.54) is 58.8 Å². The highest BCUT2D eigenvalue weighted by Gasteiger charge is 2.14. The second kappa shape index (κ2) is 13.7. The number of hydrogen-bond acceptors (Lipinski definition) is 7. The molecule has 0 amide bonds. The van der Waals surface area contributed by atoms with Crippen molar-refractivity contribution in [3.63, 3.8) is 0 Å². The zero-order valence-corrected chi connectivity index (χ0v) is 24.2. The van der Waals surface area contributed by atoms with E-state index in [4.69, 9.17) is 15.2 Å². The molecule has 0 bridgehead atoms. The van der Waals surface area contributed by atoms with Crippen LogP contribution in [0.1, 0.15) is 20.7 Å². The molecular formula is C30H26F2INO6. The molecule has 0 aliphatic heterocycles. The van der Waals surface area contributed by atoms with Crippen LogP contribution in [-0.2, 0) is 9.47 Å². The van der Waals surface area contributed by atoms with Gasteiger partial charge in [-0.15, -0.1) is 0 Å². The molecule has 0 saturated heterocycles. The molecule has 0 radical (unpaired) electrons. The summed E-state index contributed by atoms with van der Waals surface area (Å²) in [5.41, 5.74) is 8.88. The lowest BCUT2D eigenvalue weighted by Crippen LogP contribution is -2.03. The van der Waals surface area contributed by atoms with Crippen LogP contribution in [0.3, 0.4) is 0 Å². The van der Waals surface area contributed by atoms with Crippen LogP contribution in [0, 0.1) is 15.2 Å². The van der Waals surface area contributed by atoms with Crippen LogP contribution in [0.15, 0.2) is 72.8 Å². The zero-order valence-electron chi connectivity index (χ0n) is 22.1. The van der Waals surface area contributed by atoms with Gasteiger partial charge in [-0.2, -0.15) is 0 Å². The molecule has 0 aromatic heterocycles. The van der Waals surface area contributed by atoms with Crippen molar-refractivity contribution in [1.29, 1.82) is 0 Å². The summed E-state index contributed by atoms with van der Waals surface area (Å²) < 4.78 is 48.0. The van der Waals surface area contributed by atoms with Gasteiger partial charge in [0.15, 0.2) is 0 Å².